The molecule has 0 bridgehead atoms. The van der Waals surface area contributed by atoms with Crippen molar-refractivity contribution in [1.29, 1.82) is 0 Å². The summed E-state index contributed by atoms with van der Waals surface area (Å²) in [7, 11) is 1.38. The van der Waals surface area contributed by atoms with E-state index in [2.05, 4.69) is 0 Å². The lowest BCUT2D eigenvalue weighted by Gasteiger charge is -2.17. The number of methoxy groups -OCH3 is 1. The Balaban J connectivity index is 3.07. The van der Waals surface area contributed by atoms with Crippen LogP contribution in [0.15, 0.2) is 12.1 Å². The van der Waals surface area contributed by atoms with Crippen molar-refractivity contribution >= 4 is 0 Å². The summed E-state index contributed by atoms with van der Waals surface area (Å²) >= 11 is 0. The zero-order valence-corrected chi connectivity index (χ0v) is 9.83. The van der Waals surface area contributed by atoms with Crippen LogP contribution >= 0.6 is 0 Å². The SMILES string of the molecule is COc1cc(F)cc([C@H](N)CC(C)C)c1O. The lowest BCUT2D eigenvalue weighted by atomic mass is 9.97. The topological polar surface area (TPSA) is 55.5 Å². The lowest BCUT2D eigenvalue weighted by molar-refractivity contribution is 0.362. The van der Waals surface area contributed by atoms with E-state index >= 15 is 0 Å². The van der Waals surface area contributed by atoms with E-state index in [1.54, 1.807) is 0 Å². The molecule has 0 heterocycles. The summed E-state index contributed by atoms with van der Waals surface area (Å²) in [5.41, 5.74) is 6.30. The van der Waals surface area contributed by atoms with E-state index in [4.69, 9.17) is 10.5 Å². The summed E-state index contributed by atoms with van der Waals surface area (Å²) in [6, 6.07) is 2.01. The minimum absolute atomic E-state index is 0.0722. The van der Waals surface area contributed by atoms with Gasteiger partial charge in [-0.25, -0.2) is 4.39 Å². The van der Waals surface area contributed by atoms with E-state index in [0.717, 1.165) is 6.07 Å². The highest BCUT2D eigenvalue weighted by atomic mass is 19.1. The summed E-state index contributed by atoms with van der Waals surface area (Å²) in [6.45, 7) is 4.04. The maximum Gasteiger partial charge on any atom is 0.163 e. The third-order valence-electron chi connectivity index (χ3n) is 2.41. The quantitative estimate of drug-likeness (QED) is 0.831. The molecule has 0 aliphatic heterocycles. The van der Waals surface area contributed by atoms with Gasteiger partial charge in [0.05, 0.1) is 7.11 Å². The lowest BCUT2D eigenvalue weighted by Crippen LogP contribution is -2.13. The minimum atomic E-state index is -0.455. The van der Waals surface area contributed by atoms with Gasteiger partial charge < -0.3 is 15.6 Å². The highest BCUT2D eigenvalue weighted by molar-refractivity contribution is 5.47. The number of hydrogen-bond acceptors (Lipinski definition) is 3. The van der Waals surface area contributed by atoms with Crippen molar-refractivity contribution in [2.45, 2.75) is 26.3 Å². The van der Waals surface area contributed by atoms with Gasteiger partial charge in [0.25, 0.3) is 0 Å². The molecule has 3 nitrogen and oxygen atoms in total. The van der Waals surface area contributed by atoms with E-state index in [1.165, 1.54) is 13.2 Å². The molecule has 0 spiro atoms. The second-order valence-corrected chi connectivity index (χ2v) is 4.28. The van der Waals surface area contributed by atoms with Crippen molar-refractivity contribution in [2.24, 2.45) is 11.7 Å². The Morgan fingerprint density at radius 3 is 2.56 bits per heavy atom. The molecule has 0 aromatic heterocycles. The smallest absolute Gasteiger partial charge is 0.163 e. The van der Waals surface area contributed by atoms with E-state index in [0.29, 0.717) is 17.9 Å². The Morgan fingerprint density at radius 2 is 2.06 bits per heavy atom. The van der Waals surface area contributed by atoms with E-state index in [1.807, 2.05) is 13.8 Å². The first-order valence-electron chi connectivity index (χ1n) is 5.27. The van der Waals surface area contributed by atoms with Crippen molar-refractivity contribution < 1.29 is 14.2 Å². The van der Waals surface area contributed by atoms with Crippen LogP contribution in [0.25, 0.3) is 0 Å². The number of phenolic OH excluding ortho intramolecular Hbond substituents is 1. The second kappa shape index (κ2) is 5.16. The van der Waals surface area contributed by atoms with E-state index < -0.39 is 5.82 Å². The molecular formula is C12H18FNO2. The van der Waals surface area contributed by atoms with Gasteiger partial charge in [0.1, 0.15) is 5.82 Å². The number of ether oxygens (including phenoxy) is 1. The van der Waals surface area contributed by atoms with Crippen molar-refractivity contribution in [1.82, 2.24) is 0 Å². The van der Waals surface area contributed by atoms with Gasteiger partial charge in [-0.2, -0.15) is 0 Å². The highest BCUT2D eigenvalue weighted by Crippen LogP contribution is 2.35. The van der Waals surface area contributed by atoms with Crippen LogP contribution in [0.4, 0.5) is 4.39 Å². The van der Waals surface area contributed by atoms with Crippen molar-refractivity contribution in [3.05, 3.63) is 23.5 Å². The molecule has 4 heteroatoms. The molecule has 0 unspecified atom stereocenters. The third kappa shape index (κ3) is 2.85. The molecule has 0 saturated heterocycles. The van der Waals surface area contributed by atoms with Crippen LogP contribution in [0.3, 0.4) is 0 Å². The van der Waals surface area contributed by atoms with Crippen LogP contribution in [0, 0.1) is 11.7 Å². The zero-order chi connectivity index (χ0) is 12.3. The summed E-state index contributed by atoms with van der Waals surface area (Å²) in [5.74, 6) is -0.0289. The molecule has 0 fully saturated rings. The first kappa shape index (κ1) is 12.8. The van der Waals surface area contributed by atoms with E-state index in [-0.39, 0.29) is 17.5 Å². The standard InChI is InChI=1S/C12H18FNO2/c1-7(2)4-10(14)9-5-8(13)6-11(16-3)12(9)15/h5-7,10,15H,4,14H2,1-3H3/t10-/m1/s1. The summed E-state index contributed by atoms with van der Waals surface area (Å²) in [4.78, 5) is 0. The average Bonchev–Trinajstić information content (AvgIpc) is 2.19. The van der Waals surface area contributed by atoms with Crippen LogP contribution in [-0.4, -0.2) is 12.2 Å². The highest BCUT2D eigenvalue weighted by Gasteiger charge is 2.17. The van der Waals surface area contributed by atoms with Crippen LogP contribution in [-0.2, 0) is 0 Å². The Hall–Kier alpha value is -1.29. The number of hydrogen-bond donors (Lipinski definition) is 2. The Morgan fingerprint density at radius 1 is 1.44 bits per heavy atom. The van der Waals surface area contributed by atoms with Gasteiger partial charge in [0.15, 0.2) is 11.5 Å². The van der Waals surface area contributed by atoms with Gasteiger partial charge in [0.2, 0.25) is 0 Å². The number of phenols is 1. The molecular weight excluding hydrogens is 209 g/mol. The molecule has 0 aliphatic carbocycles. The second-order valence-electron chi connectivity index (χ2n) is 4.28. The van der Waals surface area contributed by atoms with Gasteiger partial charge in [-0.3, -0.25) is 0 Å². The normalized spacial score (nSPS) is 12.9. The molecule has 1 aromatic rings. The molecule has 1 atom stereocenters. The van der Waals surface area contributed by atoms with Crippen LogP contribution in [0.2, 0.25) is 0 Å². The van der Waals surface area contributed by atoms with Crippen molar-refractivity contribution in [3.63, 3.8) is 0 Å². The Kier molecular flexibility index (Phi) is 4.12. The molecule has 3 N–H and O–H groups in total. The molecule has 1 aromatic carbocycles. The average molecular weight is 227 g/mol. The number of benzene rings is 1. The molecule has 0 saturated carbocycles. The van der Waals surface area contributed by atoms with E-state index in [9.17, 15) is 9.50 Å². The largest absolute Gasteiger partial charge is 0.504 e. The molecule has 0 amide bonds. The summed E-state index contributed by atoms with van der Waals surface area (Å²) < 4.78 is 18.1. The summed E-state index contributed by atoms with van der Waals surface area (Å²) in [5, 5.41) is 9.82. The van der Waals surface area contributed by atoms with Gasteiger partial charge in [-0.1, -0.05) is 13.8 Å². The zero-order valence-electron chi connectivity index (χ0n) is 9.83. The predicted molar refractivity (Wildman–Crippen MR) is 61.0 cm³/mol. The first-order chi connectivity index (χ1) is 7.45. The fourth-order valence-corrected chi connectivity index (χ4v) is 1.67. The fourth-order valence-electron chi connectivity index (χ4n) is 1.67. The van der Waals surface area contributed by atoms with Gasteiger partial charge in [-0.15, -0.1) is 0 Å². The molecule has 1 rings (SSSR count). The van der Waals surface area contributed by atoms with Gasteiger partial charge >= 0.3 is 0 Å². The maximum atomic E-state index is 13.2. The first-order valence-corrected chi connectivity index (χ1v) is 5.27. The van der Waals surface area contributed by atoms with Gasteiger partial charge in [0, 0.05) is 17.7 Å². The number of nitrogens with two attached hydrogens (primary N) is 1. The Bertz CT molecular complexity index is 366. The third-order valence-corrected chi connectivity index (χ3v) is 2.41. The number of halogens is 1. The fraction of sp³-hybridized carbons (Fsp3) is 0.500. The van der Waals surface area contributed by atoms with Crippen LogP contribution < -0.4 is 10.5 Å². The summed E-state index contributed by atoms with van der Waals surface area (Å²) in [6.07, 6.45) is 0.681. The molecule has 16 heavy (non-hydrogen) atoms. The Labute approximate surface area is 95.0 Å². The minimum Gasteiger partial charge on any atom is -0.504 e. The molecule has 0 aliphatic rings. The molecule has 90 valence electrons. The van der Waals surface area contributed by atoms with Crippen molar-refractivity contribution in [2.75, 3.05) is 7.11 Å². The van der Waals surface area contributed by atoms with Crippen molar-refractivity contribution in [3.8, 4) is 11.5 Å². The van der Waals surface area contributed by atoms with Gasteiger partial charge in [-0.05, 0) is 18.4 Å². The number of rotatable bonds is 4. The molecule has 0 radical (unpaired) electrons. The monoisotopic (exact) mass is 227 g/mol. The number of aromatic hydroxyl groups is 1. The predicted octanol–water partition coefficient (Wildman–Crippen LogP) is 2.59. The van der Waals surface area contributed by atoms with Crippen LogP contribution in [0.1, 0.15) is 31.9 Å². The maximum absolute atomic E-state index is 13.2. The van der Waals surface area contributed by atoms with Crippen LogP contribution in [0.5, 0.6) is 11.5 Å².